The van der Waals surface area contributed by atoms with Crippen LogP contribution in [0, 0.1) is 0 Å². The lowest BCUT2D eigenvalue weighted by Crippen LogP contribution is -2.33. The van der Waals surface area contributed by atoms with Crippen molar-refractivity contribution in [3.8, 4) is 0 Å². The van der Waals surface area contributed by atoms with Crippen LogP contribution in [0.25, 0.3) is 0 Å². The number of hydrogen-bond acceptors (Lipinski definition) is 2. The second kappa shape index (κ2) is 2.46. The lowest BCUT2D eigenvalue weighted by molar-refractivity contribution is 0.0669. The monoisotopic (exact) mass is 144 g/mol. The summed E-state index contributed by atoms with van der Waals surface area (Å²) >= 11 is 0. The number of aliphatic hydroxyl groups is 1. The van der Waals surface area contributed by atoms with Crippen molar-refractivity contribution < 1.29 is 9.90 Å². The first-order chi connectivity index (χ1) is 4.66. The van der Waals surface area contributed by atoms with Gasteiger partial charge in [-0.15, -0.1) is 0 Å². The van der Waals surface area contributed by atoms with Crippen molar-refractivity contribution in [2.75, 3.05) is 20.1 Å². The van der Waals surface area contributed by atoms with Gasteiger partial charge in [0.05, 0.1) is 6.54 Å². The SMILES string of the molecule is CCN1C(=O)N(C)CC1O. The van der Waals surface area contributed by atoms with Crippen LogP contribution in [0.2, 0.25) is 0 Å². The number of rotatable bonds is 1. The van der Waals surface area contributed by atoms with Gasteiger partial charge >= 0.3 is 6.03 Å². The van der Waals surface area contributed by atoms with Gasteiger partial charge in [-0.05, 0) is 6.92 Å². The first-order valence-electron chi connectivity index (χ1n) is 3.36. The number of amides is 2. The zero-order chi connectivity index (χ0) is 7.72. The number of nitrogens with zero attached hydrogens (tertiary/aromatic N) is 2. The van der Waals surface area contributed by atoms with Crippen LogP contribution < -0.4 is 0 Å². The Labute approximate surface area is 60.0 Å². The van der Waals surface area contributed by atoms with E-state index in [2.05, 4.69) is 0 Å². The molecule has 1 aliphatic heterocycles. The molecule has 1 aliphatic rings. The molecule has 1 saturated heterocycles. The molecule has 0 aliphatic carbocycles. The largest absolute Gasteiger partial charge is 0.372 e. The van der Waals surface area contributed by atoms with Gasteiger partial charge < -0.3 is 10.0 Å². The first-order valence-corrected chi connectivity index (χ1v) is 3.36. The van der Waals surface area contributed by atoms with Gasteiger partial charge in [-0.2, -0.15) is 0 Å². The Hall–Kier alpha value is -0.770. The van der Waals surface area contributed by atoms with Crippen molar-refractivity contribution in [1.29, 1.82) is 0 Å². The fraction of sp³-hybridized carbons (Fsp3) is 0.833. The smallest absolute Gasteiger partial charge is 0.321 e. The standard InChI is InChI=1S/C6H12N2O2/c1-3-8-5(9)4-7(2)6(8)10/h5,9H,3-4H2,1-2H3. The van der Waals surface area contributed by atoms with E-state index in [4.69, 9.17) is 0 Å². The van der Waals surface area contributed by atoms with Crippen LogP contribution in [0.5, 0.6) is 0 Å². The highest BCUT2D eigenvalue weighted by atomic mass is 16.3. The molecule has 2 amide bonds. The van der Waals surface area contributed by atoms with Crippen LogP contribution in [0.1, 0.15) is 6.92 Å². The van der Waals surface area contributed by atoms with Gasteiger partial charge in [-0.25, -0.2) is 4.79 Å². The molecule has 0 aromatic rings. The zero-order valence-electron chi connectivity index (χ0n) is 6.24. The van der Waals surface area contributed by atoms with Crippen molar-refractivity contribution in [1.82, 2.24) is 9.80 Å². The Bertz CT molecular complexity index is 149. The maximum Gasteiger partial charge on any atom is 0.321 e. The van der Waals surface area contributed by atoms with E-state index < -0.39 is 6.23 Å². The summed E-state index contributed by atoms with van der Waals surface area (Å²) in [5.74, 6) is 0. The molecule has 4 heteroatoms. The Balaban J connectivity index is 2.64. The minimum absolute atomic E-state index is 0.0880. The van der Waals surface area contributed by atoms with E-state index in [1.165, 1.54) is 9.80 Å². The summed E-state index contributed by atoms with van der Waals surface area (Å²) in [6.45, 7) is 2.84. The van der Waals surface area contributed by atoms with Crippen LogP contribution >= 0.6 is 0 Å². The van der Waals surface area contributed by atoms with E-state index in [1.807, 2.05) is 6.92 Å². The Kier molecular flexibility index (Phi) is 1.80. The molecule has 4 nitrogen and oxygen atoms in total. The number of carbonyl (C=O) groups excluding carboxylic acids is 1. The summed E-state index contributed by atoms with van der Waals surface area (Å²) in [4.78, 5) is 14.0. The van der Waals surface area contributed by atoms with Gasteiger partial charge in [0.25, 0.3) is 0 Å². The van der Waals surface area contributed by atoms with Crippen molar-refractivity contribution in [3.05, 3.63) is 0 Å². The maximum absolute atomic E-state index is 11.0. The van der Waals surface area contributed by atoms with Crippen LogP contribution in [0.4, 0.5) is 4.79 Å². The fourth-order valence-electron chi connectivity index (χ4n) is 1.11. The minimum atomic E-state index is -0.609. The molecular formula is C6H12N2O2. The summed E-state index contributed by atoms with van der Waals surface area (Å²) in [5.41, 5.74) is 0. The Morgan fingerprint density at radius 2 is 2.40 bits per heavy atom. The molecule has 1 fully saturated rings. The molecule has 1 rings (SSSR count). The molecule has 1 N–H and O–H groups in total. The first kappa shape index (κ1) is 7.34. The highest BCUT2D eigenvalue weighted by Gasteiger charge is 2.31. The normalized spacial score (nSPS) is 26.3. The molecule has 0 saturated carbocycles. The second-order valence-electron chi connectivity index (χ2n) is 2.43. The predicted octanol–water partition coefficient (Wildman–Crippen LogP) is -0.308. The Morgan fingerprint density at radius 1 is 1.80 bits per heavy atom. The van der Waals surface area contributed by atoms with Gasteiger partial charge in [0.2, 0.25) is 0 Å². The number of aliphatic hydroxyl groups excluding tert-OH is 1. The van der Waals surface area contributed by atoms with Crippen molar-refractivity contribution >= 4 is 6.03 Å². The second-order valence-corrected chi connectivity index (χ2v) is 2.43. The third kappa shape index (κ3) is 0.945. The predicted molar refractivity (Wildman–Crippen MR) is 36.4 cm³/mol. The van der Waals surface area contributed by atoms with E-state index >= 15 is 0 Å². The number of urea groups is 1. The number of hydrogen-bond donors (Lipinski definition) is 1. The van der Waals surface area contributed by atoms with E-state index in [1.54, 1.807) is 7.05 Å². The topological polar surface area (TPSA) is 43.8 Å². The third-order valence-corrected chi connectivity index (χ3v) is 1.71. The Morgan fingerprint density at radius 3 is 2.60 bits per heavy atom. The lowest BCUT2D eigenvalue weighted by Gasteiger charge is -2.15. The number of β-amino-alcohol motifs (C(OH)–C–C–N with tert-alkyl or cyclic N) is 1. The molecule has 1 atom stereocenters. The molecule has 1 unspecified atom stereocenters. The van der Waals surface area contributed by atoms with Crippen LogP contribution in [-0.4, -0.2) is 47.3 Å². The molecule has 58 valence electrons. The van der Waals surface area contributed by atoms with Gasteiger partial charge in [-0.3, -0.25) is 4.90 Å². The summed E-state index contributed by atoms with van der Waals surface area (Å²) in [6, 6.07) is -0.0880. The summed E-state index contributed by atoms with van der Waals surface area (Å²) in [5, 5.41) is 9.19. The highest BCUT2D eigenvalue weighted by molar-refractivity contribution is 5.76. The van der Waals surface area contributed by atoms with Crippen molar-refractivity contribution in [2.45, 2.75) is 13.2 Å². The van der Waals surface area contributed by atoms with Crippen LogP contribution in [0.3, 0.4) is 0 Å². The third-order valence-electron chi connectivity index (χ3n) is 1.71. The zero-order valence-corrected chi connectivity index (χ0v) is 6.24. The summed E-state index contributed by atoms with van der Waals surface area (Å²) in [6.07, 6.45) is -0.609. The lowest BCUT2D eigenvalue weighted by atomic mass is 10.5. The quantitative estimate of drug-likeness (QED) is 0.548. The summed E-state index contributed by atoms with van der Waals surface area (Å²) in [7, 11) is 1.68. The fourth-order valence-corrected chi connectivity index (χ4v) is 1.11. The highest BCUT2D eigenvalue weighted by Crippen LogP contribution is 2.10. The molecule has 0 aromatic heterocycles. The molecule has 10 heavy (non-hydrogen) atoms. The van der Waals surface area contributed by atoms with Crippen LogP contribution in [-0.2, 0) is 0 Å². The van der Waals surface area contributed by atoms with E-state index in [-0.39, 0.29) is 6.03 Å². The van der Waals surface area contributed by atoms with Crippen molar-refractivity contribution in [3.63, 3.8) is 0 Å². The maximum atomic E-state index is 11.0. The van der Waals surface area contributed by atoms with Gasteiger partial charge in [0, 0.05) is 13.6 Å². The molecule has 0 spiro atoms. The van der Waals surface area contributed by atoms with E-state index in [0.29, 0.717) is 13.1 Å². The molecule has 0 aromatic carbocycles. The average Bonchev–Trinajstić information content (AvgIpc) is 2.09. The molecule has 1 heterocycles. The van der Waals surface area contributed by atoms with Crippen molar-refractivity contribution in [2.24, 2.45) is 0 Å². The number of likely N-dealkylation sites (N-methyl/N-ethyl adjacent to an activating group) is 2. The van der Waals surface area contributed by atoms with Gasteiger partial charge in [0.1, 0.15) is 6.23 Å². The number of carbonyl (C=O) groups is 1. The minimum Gasteiger partial charge on any atom is -0.372 e. The molecule has 0 bridgehead atoms. The molecular weight excluding hydrogens is 132 g/mol. The molecule has 0 radical (unpaired) electrons. The average molecular weight is 144 g/mol. The van der Waals surface area contributed by atoms with Gasteiger partial charge in [0.15, 0.2) is 0 Å². The summed E-state index contributed by atoms with van der Waals surface area (Å²) < 4.78 is 0. The van der Waals surface area contributed by atoms with E-state index in [0.717, 1.165) is 0 Å². The van der Waals surface area contributed by atoms with Gasteiger partial charge in [-0.1, -0.05) is 0 Å². The van der Waals surface area contributed by atoms with Crippen LogP contribution in [0.15, 0.2) is 0 Å². The van der Waals surface area contributed by atoms with E-state index in [9.17, 15) is 9.90 Å².